The van der Waals surface area contributed by atoms with Crippen LogP contribution in [-0.2, 0) is 9.84 Å². The Kier molecular flexibility index (Phi) is 4.16. The Hall–Kier alpha value is -1.07. The Bertz CT molecular complexity index is 554. The summed E-state index contributed by atoms with van der Waals surface area (Å²) in [4.78, 5) is 0. The van der Waals surface area contributed by atoms with Gasteiger partial charge < -0.3 is 10.5 Å². The number of aryl methyl sites for hydroxylation is 1. The molecule has 2 atom stereocenters. The van der Waals surface area contributed by atoms with Gasteiger partial charge in [0.15, 0.2) is 9.84 Å². The van der Waals surface area contributed by atoms with E-state index in [0.717, 1.165) is 29.7 Å². The molecule has 1 fully saturated rings. The minimum absolute atomic E-state index is 0.264. The van der Waals surface area contributed by atoms with Crippen LogP contribution in [0.5, 0.6) is 5.75 Å². The number of rotatable bonds is 3. The van der Waals surface area contributed by atoms with Gasteiger partial charge in [-0.25, -0.2) is 8.42 Å². The highest BCUT2D eigenvalue weighted by Crippen LogP contribution is 2.31. The highest BCUT2D eigenvalue weighted by molar-refractivity contribution is 7.92. The van der Waals surface area contributed by atoms with E-state index in [9.17, 15) is 8.42 Å². The van der Waals surface area contributed by atoms with Crippen molar-refractivity contribution in [3.8, 4) is 5.75 Å². The molecule has 4 nitrogen and oxygen atoms in total. The average molecular weight is 283 g/mol. The predicted molar refractivity (Wildman–Crippen MR) is 76.1 cm³/mol. The number of methoxy groups -OCH3 is 1. The molecular weight excluding hydrogens is 262 g/mol. The van der Waals surface area contributed by atoms with Gasteiger partial charge in [0.25, 0.3) is 0 Å². The zero-order chi connectivity index (χ0) is 14.0. The lowest BCUT2D eigenvalue weighted by atomic mass is 9.98. The fourth-order valence-electron chi connectivity index (χ4n) is 2.71. The van der Waals surface area contributed by atoms with E-state index >= 15 is 0 Å². The number of hydrogen-bond donors (Lipinski definition) is 1. The molecule has 1 heterocycles. The van der Waals surface area contributed by atoms with Crippen LogP contribution in [0.3, 0.4) is 0 Å². The molecule has 5 heteroatoms. The molecule has 0 radical (unpaired) electrons. The molecule has 0 bridgehead atoms. The third-order valence-electron chi connectivity index (χ3n) is 3.83. The molecule has 1 aliphatic heterocycles. The smallest absolute Gasteiger partial charge is 0.155 e. The van der Waals surface area contributed by atoms with Gasteiger partial charge in [-0.05, 0) is 37.0 Å². The van der Waals surface area contributed by atoms with Crippen LogP contribution in [0.15, 0.2) is 18.2 Å². The molecule has 19 heavy (non-hydrogen) atoms. The maximum Gasteiger partial charge on any atom is 0.155 e. The first-order chi connectivity index (χ1) is 8.95. The van der Waals surface area contributed by atoms with Crippen LogP contribution in [0, 0.1) is 6.92 Å². The van der Waals surface area contributed by atoms with Crippen molar-refractivity contribution >= 4 is 9.84 Å². The lowest BCUT2D eigenvalue weighted by Gasteiger charge is -2.28. The van der Waals surface area contributed by atoms with Crippen molar-refractivity contribution in [3.63, 3.8) is 0 Å². The Morgan fingerprint density at radius 1 is 1.37 bits per heavy atom. The van der Waals surface area contributed by atoms with Gasteiger partial charge in [0.05, 0.1) is 18.1 Å². The van der Waals surface area contributed by atoms with Crippen molar-refractivity contribution in [2.24, 2.45) is 5.73 Å². The Balaban J connectivity index is 2.28. The van der Waals surface area contributed by atoms with Crippen molar-refractivity contribution in [1.82, 2.24) is 0 Å². The first kappa shape index (κ1) is 14.3. The van der Waals surface area contributed by atoms with Crippen molar-refractivity contribution in [2.45, 2.75) is 37.5 Å². The SMILES string of the molecule is COc1ccc(C(N)C2CCCCS2(=O)=O)cc1C. The quantitative estimate of drug-likeness (QED) is 0.920. The maximum atomic E-state index is 12.1. The number of sulfone groups is 1. The monoisotopic (exact) mass is 283 g/mol. The molecule has 2 N–H and O–H groups in total. The van der Waals surface area contributed by atoms with Gasteiger partial charge in [0, 0.05) is 6.04 Å². The van der Waals surface area contributed by atoms with Crippen molar-refractivity contribution in [3.05, 3.63) is 29.3 Å². The molecule has 1 aliphatic rings. The highest BCUT2D eigenvalue weighted by Gasteiger charge is 2.34. The molecule has 1 aromatic carbocycles. The Morgan fingerprint density at radius 2 is 2.11 bits per heavy atom. The van der Waals surface area contributed by atoms with Gasteiger partial charge in [0.1, 0.15) is 5.75 Å². The highest BCUT2D eigenvalue weighted by atomic mass is 32.2. The topological polar surface area (TPSA) is 69.4 Å². The van der Waals surface area contributed by atoms with Gasteiger partial charge in [-0.15, -0.1) is 0 Å². The third-order valence-corrected chi connectivity index (χ3v) is 6.14. The standard InChI is InChI=1S/C14H21NO3S/c1-10-9-11(6-7-12(10)18-2)14(15)13-5-3-4-8-19(13,16)17/h6-7,9,13-14H,3-5,8,15H2,1-2H3. The molecule has 2 rings (SSSR count). The summed E-state index contributed by atoms with van der Waals surface area (Å²) in [6.07, 6.45) is 2.36. The summed E-state index contributed by atoms with van der Waals surface area (Å²) in [5, 5.41) is -0.450. The molecule has 0 amide bonds. The first-order valence-electron chi connectivity index (χ1n) is 6.57. The van der Waals surface area contributed by atoms with Crippen LogP contribution >= 0.6 is 0 Å². The lowest BCUT2D eigenvalue weighted by Crippen LogP contribution is -2.37. The van der Waals surface area contributed by atoms with E-state index in [1.165, 1.54) is 0 Å². The summed E-state index contributed by atoms with van der Waals surface area (Å²) in [5.41, 5.74) is 8.03. The molecular formula is C14H21NO3S. The van der Waals surface area contributed by atoms with E-state index in [2.05, 4.69) is 0 Å². The predicted octanol–water partition coefficient (Wildman–Crippen LogP) is 1.97. The normalized spacial score (nSPS) is 23.8. The van der Waals surface area contributed by atoms with Gasteiger partial charge in [-0.1, -0.05) is 18.6 Å². The van der Waals surface area contributed by atoms with E-state index in [-0.39, 0.29) is 5.75 Å². The Labute approximate surface area is 114 Å². The summed E-state index contributed by atoms with van der Waals surface area (Å²) in [7, 11) is -1.44. The van der Waals surface area contributed by atoms with Crippen molar-refractivity contribution in [2.75, 3.05) is 12.9 Å². The van der Waals surface area contributed by atoms with Crippen molar-refractivity contribution in [1.29, 1.82) is 0 Å². The van der Waals surface area contributed by atoms with E-state index in [1.807, 2.05) is 25.1 Å². The lowest BCUT2D eigenvalue weighted by molar-refractivity contribution is 0.411. The van der Waals surface area contributed by atoms with Gasteiger partial charge in [-0.2, -0.15) is 0 Å². The van der Waals surface area contributed by atoms with Crippen LogP contribution in [0.4, 0.5) is 0 Å². The Morgan fingerprint density at radius 3 is 2.68 bits per heavy atom. The van der Waals surface area contributed by atoms with Gasteiger partial charge in [0.2, 0.25) is 0 Å². The number of hydrogen-bond acceptors (Lipinski definition) is 4. The number of nitrogens with two attached hydrogens (primary N) is 1. The number of ether oxygens (including phenoxy) is 1. The minimum atomic E-state index is -3.06. The van der Waals surface area contributed by atoms with Crippen molar-refractivity contribution < 1.29 is 13.2 Å². The first-order valence-corrected chi connectivity index (χ1v) is 8.29. The van der Waals surface area contributed by atoms with E-state index in [4.69, 9.17) is 10.5 Å². The summed E-state index contributed by atoms with van der Waals surface area (Å²) in [6.45, 7) is 1.93. The molecule has 0 spiro atoms. The second kappa shape index (κ2) is 5.51. The molecule has 1 aromatic rings. The zero-order valence-corrected chi connectivity index (χ0v) is 12.2. The third kappa shape index (κ3) is 2.92. The largest absolute Gasteiger partial charge is 0.496 e. The van der Waals surface area contributed by atoms with E-state index in [1.54, 1.807) is 7.11 Å². The van der Waals surface area contributed by atoms with Crippen LogP contribution in [0.2, 0.25) is 0 Å². The second-order valence-electron chi connectivity index (χ2n) is 5.16. The molecule has 1 saturated heterocycles. The fourth-order valence-corrected chi connectivity index (χ4v) is 4.75. The average Bonchev–Trinajstić information content (AvgIpc) is 2.37. The van der Waals surface area contributed by atoms with Gasteiger partial charge >= 0.3 is 0 Å². The molecule has 0 aromatic heterocycles. The molecule has 106 valence electrons. The maximum absolute atomic E-state index is 12.1. The molecule has 0 saturated carbocycles. The molecule has 0 aliphatic carbocycles. The zero-order valence-electron chi connectivity index (χ0n) is 11.4. The van der Waals surface area contributed by atoms with Crippen LogP contribution in [0.25, 0.3) is 0 Å². The summed E-state index contributed by atoms with van der Waals surface area (Å²) >= 11 is 0. The summed E-state index contributed by atoms with van der Waals surface area (Å²) < 4.78 is 29.4. The minimum Gasteiger partial charge on any atom is -0.496 e. The van der Waals surface area contributed by atoms with E-state index in [0.29, 0.717) is 6.42 Å². The van der Waals surface area contributed by atoms with Crippen LogP contribution < -0.4 is 10.5 Å². The molecule has 2 unspecified atom stereocenters. The van der Waals surface area contributed by atoms with Crippen LogP contribution in [-0.4, -0.2) is 26.5 Å². The summed E-state index contributed by atoms with van der Waals surface area (Å²) in [6, 6.07) is 5.18. The van der Waals surface area contributed by atoms with Gasteiger partial charge in [-0.3, -0.25) is 0 Å². The number of benzene rings is 1. The van der Waals surface area contributed by atoms with Crippen LogP contribution in [0.1, 0.15) is 36.4 Å². The fraction of sp³-hybridized carbons (Fsp3) is 0.571. The summed E-state index contributed by atoms with van der Waals surface area (Å²) in [5.74, 6) is 1.06. The van der Waals surface area contributed by atoms with E-state index < -0.39 is 21.1 Å². The second-order valence-corrected chi connectivity index (χ2v) is 7.50.